The van der Waals surface area contributed by atoms with E-state index < -0.39 is 6.10 Å². The molecule has 0 saturated heterocycles. The Bertz CT molecular complexity index is 1710. The van der Waals surface area contributed by atoms with E-state index in [1.807, 2.05) is 24.9 Å². The van der Waals surface area contributed by atoms with E-state index in [4.69, 9.17) is 5.10 Å². The summed E-state index contributed by atoms with van der Waals surface area (Å²) in [5.41, 5.74) is 5.40. The fourth-order valence-electron chi connectivity index (χ4n) is 10.1. The molecule has 7 rings (SSSR count). The topological polar surface area (TPSA) is 58.4 Å². The summed E-state index contributed by atoms with van der Waals surface area (Å²) < 4.78 is 15.5. The summed E-state index contributed by atoms with van der Waals surface area (Å²) in [6.45, 7) is 9.23. The number of thioether (sulfide) groups is 1. The molecule has 7 unspecified atom stereocenters. The minimum Gasteiger partial charge on any atom is -0.393 e. The van der Waals surface area contributed by atoms with Crippen molar-refractivity contribution in [2.24, 2.45) is 34.5 Å². The van der Waals surface area contributed by atoms with Crippen LogP contribution in [-0.4, -0.2) is 45.3 Å². The molecular formula is C39H46FN3O2S. The second-order valence-electron chi connectivity index (χ2n) is 14.8. The highest BCUT2D eigenvalue weighted by molar-refractivity contribution is 8.03. The molecule has 46 heavy (non-hydrogen) atoms. The first-order chi connectivity index (χ1) is 22.0. The molecule has 0 aliphatic heterocycles. The molecule has 1 N–H and O–H groups in total. The molecule has 0 bridgehead atoms. The van der Waals surface area contributed by atoms with Crippen molar-refractivity contribution >= 4 is 23.6 Å². The number of hydrogen-bond acceptors (Lipinski definition) is 5. The molecule has 1 aromatic heterocycles. The van der Waals surface area contributed by atoms with Crippen LogP contribution < -0.4 is 0 Å². The van der Waals surface area contributed by atoms with E-state index in [1.54, 1.807) is 23.9 Å². The third-order valence-corrected chi connectivity index (χ3v) is 13.6. The highest BCUT2D eigenvalue weighted by Crippen LogP contribution is 2.66. The number of carbonyl (C=O) groups excluding carboxylic acids is 1. The second-order valence-corrected chi connectivity index (χ2v) is 15.8. The van der Waals surface area contributed by atoms with Crippen molar-refractivity contribution in [1.82, 2.24) is 14.7 Å². The molecule has 3 fully saturated rings. The maximum absolute atomic E-state index is 14.1. The van der Waals surface area contributed by atoms with E-state index in [-0.39, 0.29) is 28.5 Å². The van der Waals surface area contributed by atoms with Gasteiger partial charge in [0.25, 0.3) is 0 Å². The molecule has 0 amide bonds. The number of aliphatic hydroxyl groups is 1. The van der Waals surface area contributed by atoms with Crippen molar-refractivity contribution in [3.8, 4) is 5.69 Å². The lowest BCUT2D eigenvalue weighted by Gasteiger charge is -2.59. The Morgan fingerprint density at radius 1 is 1.15 bits per heavy atom. The van der Waals surface area contributed by atoms with Gasteiger partial charge in [-0.15, -0.1) is 0 Å². The van der Waals surface area contributed by atoms with Gasteiger partial charge in [-0.3, -0.25) is 4.79 Å². The van der Waals surface area contributed by atoms with Gasteiger partial charge in [-0.25, -0.2) is 9.07 Å². The number of hydrogen-bond donors (Lipinski definition) is 1. The van der Waals surface area contributed by atoms with Crippen molar-refractivity contribution in [3.05, 3.63) is 94.0 Å². The third-order valence-electron chi connectivity index (χ3n) is 12.2. The van der Waals surface area contributed by atoms with Crippen LogP contribution in [0.1, 0.15) is 69.7 Å². The third kappa shape index (κ3) is 5.09. The Morgan fingerprint density at radius 2 is 1.91 bits per heavy atom. The zero-order valence-corrected chi connectivity index (χ0v) is 28.5. The van der Waals surface area contributed by atoms with Crippen LogP contribution >= 0.6 is 11.8 Å². The number of carbonyl (C=O) groups is 1. The van der Waals surface area contributed by atoms with Crippen molar-refractivity contribution in [2.75, 3.05) is 13.6 Å². The Balaban J connectivity index is 1.09. The standard InChI is InChI=1S/C39H46FN3O2S/c1-6-36(46-35-10-8-7-9-24(35)2)42(5)23-34(45)31-18-17-30-29-16-11-26-19-32-25(22-41-43(32)28-14-12-27(40)13-15-28)20-38(26,3)37(29)33(44)21-39(30,31)4/h6-10,12-15,19,22,29-31,33,37,44H,11,16-18,20-21,23H2,1-5H3/b36-6-. The van der Waals surface area contributed by atoms with Gasteiger partial charge in [-0.1, -0.05) is 55.5 Å². The lowest BCUT2D eigenvalue weighted by Crippen LogP contribution is -2.57. The van der Waals surface area contributed by atoms with Crippen LogP contribution in [0.2, 0.25) is 0 Å². The SMILES string of the molecule is C/C=C(\Sc1ccccc1C)N(C)CC(=O)C1CCC2C3CCC4=Cc5c(cnn5-c5ccc(F)cc5)CC4(C)C3C(O)CC12C. The van der Waals surface area contributed by atoms with E-state index in [2.05, 4.69) is 62.1 Å². The van der Waals surface area contributed by atoms with Crippen LogP contribution in [0.4, 0.5) is 4.39 Å². The van der Waals surface area contributed by atoms with Gasteiger partial charge in [-0.2, -0.15) is 5.10 Å². The average molecular weight is 640 g/mol. The van der Waals surface area contributed by atoms with Crippen LogP contribution in [0.25, 0.3) is 11.8 Å². The van der Waals surface area contributed by atoms with Crippen molar-refractivity contribution in [3.63, 3.8) is 0 Å². The molecule has 242 valence electrons. The highest BCUT2D eigenvalue weighted by atomic mass is 32.2. The summed E-state index contributed by atoms with van der Waals surface area (Å²) in [4.78, 5) is 17.4. The van der Waals surface area contributed by atoms with Gasteiger partial charge in [0.15, 0.2) is 5.78 Å². The summed E-state index contributed by atoms with van der Waals surface area (Å²) in [6.07, 6.45) is 11.4. The van der Waals surface area contributed by atoms with E-state index in [0.717, 1.165) is 48.5 Å². The predicted octanol–water partition coefficient (Wildman–Crippen LogP) is 8.24. The van der Waals surface area contributed by atoms with Crippen LogP contribution in [-0.2, 0) is 11.2 Å². The largest absolute Gasteiger partial charge is 0.393 e. The number of aliphatic hydroxyl groups excluding tert-OH is 1. The first-order valence-electron chi connectivity index (χ1n) is 16.9. The Kier molecular flexibility index (Phi) is 8.08. The molecule has 3 aromatic rings. The van der Waals surface area contributed by atoms with Crippen LogP contribution in [0, 0.1) is 47.2 Å². The monoisotopic (exact) mass is 639 g/mol. The van der Waals surface area contributed by atoms with Gasteiger partial charge in [0.1, 0.15) is 5.82 Å². The molecule has 1 heterocycles. The number of ketones is 1. The zero-order valence-electron chi connectivity index (χ0n) is 27.7. The van der Waals surface area contributed by atoms with Crippen molar-refractivity contribution in [1.29, 1.82) is 0 Å². The van der Waals surface area contributed by atoms with Gasteiger partial charge in [0.2, 0.25) is 0 Å². The smallest absolute Gasteiger partial charge is 0.155 e. The van der Waals surface area contributed by atoms with Gasteiger partial charge in [0, 0.05) is 17.9 Å². The fraction of sp³-hybridized carbons (Fsp3) is 0.487. The number of Topliss-reactive ketones (excluding diaryl/α,β-unsaturated/α-hetero) is 1. The number of fused-ring (bicyclic) bond motifs is 6. The molecule has 3 saturated carbocycles. The fourth-order valence-corrected chi connectivity index (χ4v) is 11.0. The molecule has 5 nitrogen and oxygen atoms in total. The van der Waals surface area contributed by atoms with Crippen LogP contribution in [0.3, 0.4) is 0 Å². The number of nitrogens with zero attached hydrogens (tertiary/aromatic N) is 3. The first kappa shape index (κ1) is 31.4. The number of aryl methyl sites for hydroxylation is 1. The summed E-state index contributed by atoms with van der Waals surface area (Å²) >= 11 is 1.72. The Labute approximate surface area is 277 Å². The van der Waals surface area contributed by atoms with Crippen LogP contribution in [0.15, 0.2) is 76.3 Å². The Morgan fingerprint density at radius 3 is 2.65 bits per heavy atom. The molecule has 0 spiro atoms. The minimum absolute atomic E-state index is 0.0336. The lowest BCUT2D eigenvalue weighted by atomic mass is 9.46. The number of likely N-dealkylation sites (N-methyl/N-ethyl adjacent to an activating group) is 1. The molecule has 7 atom stereocenters. The number of rotatable bonds is 7. The van der Waals surface area contributed by atoms with E-state index >= 15 is 0 Å². The van der Waals surface area contributed by atoms with Gasteiger partial charge >= 0.3 is 0 Å². The number of allylic oxidation sites excluding steroid dienone is 2. The summed E-state index contributed by atoms with van der Waals surface area (Å²) in [5, 5.41) is 17.9. The normalized spacial score (nSPS) is 31.8. The van der Waals surface area contributed by atoms with Gasteiger partial charge in [0.05, 0.1) is 35.3 Å². The molecule has 7 heteroatoms. The van der Waals surface area contributed by atoms with E-state index in [9.17, 15) is 14.3 Å². The maximum atomic E-state index is 14.1. The minimum atomic E-state index is -0.456. The second kappa shape index (κ2) is 11.8. The highest BCUT2D eigenvalue weighted by Gasteiger charge is 2.63. The summed E-state index contributed by atoms with van der Waals surface area (Å²) in [6, 6.07) is 14.9. The zero-order chi connectivity index (χ0) is 32.4. The quantitative estimate of drug-likeness (QED) is 0.264. The molecule has 0 radical (unpaired) electrons. The van der Waals surface area contributed by atoms with Crippen molar-refractivity contribution < 1.29 is 14.3 Å². The summed E-state index contributed by atoms with van der Waals surface area (Å²) in [5.74, 6) is 1.00. The summed E-state index contributed by atoms with van der Waals surface area (Å²) in [7, 11) is 2.03. The molecule has 4 aliphatic rings. The maximum Gasteiger partial charge on any atom is 0.155 e. The molecule has 4 aliphatic carbocycles. The van der Waals surface area contributed by atoms with Gasteiger partial charge < -0.3 is 10.0 Å². The van der Waals surface area contributed by atoms with Crippen molar-refractivity contribution in [2.45, 2.75) is 77.2 Å². The molecular weight excluding hydrogens is 594 g/mol. The number of benzene rings is 2. The van der Waals surface area contributed by atoms with E-state index in [0.29, 0.717) is 30.6 Å². The predicted molar refractivity (Wildman–Crippen MR) is 183 cm³/mol. The number of halogens is 1. The average Bonchev–Trinajstić information content (AvgIpc) is 3.59. The number of aromatic nitrogens is 2. The van der Waals surface area contributed by atoms with E-state index in [1.165, 1.54) is 33.7 Å². The Hall–Kier alpha value is -3.16. The molecule has 2 aromatic carbocycles. The van der Waals surface area contributed by atoms with Crippen LogP contribution in [0.5, 0.6) is 0 Å². The van der Waals surface area contributed by atoms with Gasteiger partial charge in [-0.05, 0) is 128 Å². The lowest BCUT2D eigenvalue weighted by molar-refractivity contribution is -0.142. The first-order valence-corrected chi connectivity index (χ1v) is 17.7.